The first-order valence-corrected chi connectivity index (χ1v) is 7.99. The van der Waals surface area contributed by atoms with Crippen molar-refractivity contribution < 1.29 is 19.4 Å². The Kier molecular flexibility index (Phi) is 3.51. The maximum Gasteiger partial charge on any atom is 0.407 e. The highest BCUT2D eigenvalue weighted by Crippen LogP contribution is 2.33. The molecule has 4 heterocycles. The summed E-state index contributed by atoms with van der Waals surface area (Å²) < 4.78 is 5.84. The average molecular weight is 330 g/mol. The Balaban J connectivity index is 1.69. The monoisotopic (exact) mass is 330 g/mol. The molecule has 2 amide bonds. The SMILES string of the molecule is O=C(O)N1CCN2C(=O)c3c(ccnc3N3C=CCC3)OCC2C1. The Labute approximate surface area is 138 Å². The molecule has 0 radical (unpaired) electrons. The van der Waals surface area contributed by atoms with E-state index >= 15 is 0 Å². The van der Waals surface area contributed by atoms with E-state index in [-0.39, 0.29) is 25.1 Å². The average Bonchev–Trinajstić information content (AvgIpc) is 3.08. The molecule has 1 aromatic rings. The molecule has 0 aromatic carbocycles. The molecule has 3 aliphatic heterocycles. The minimum Gasteiger partial charge on any atom is -0.490 e. The van der Waals surface area contributed by atoms with E-state index in [1.54, 1.807) is 17.2 Å². The number of anilines is 1. The lowest BCUT2D eigenvalue weighted by Gasteiger charge is -2.38. The lowest BCUT2D eigenvalue weighted by atomic mass is 10.1. The van der Waals surface area contributed by atoms with E-state index in [1.807, 2.05) is 17.2 Å². The van der Waals surface area contributed by atoms with Crippen molar-refractivity contribution in [1.82, 2.24) is 14.8 Å². The zero-order valence-corrected chi connectivity index (χ0v) is 13.1. The number of hydrogen-bond acceptors (Lipinski definition) is 5. The summed E-state index contributed by atoms with van der Waals surface area (Å²) in [4.78, 5) is 33.7. The molecule has 0 aliphatic carbocycles. The summed E-state index contributed by atoms with van der Waals surface area (Å²) in [6, 6.07) is 1.42. The van der Waals surface area contributed by atoms with Crippen LogP contribution in [0.2, 0.25) is 0 Å². The Bertz CT molecular complexity index is 720. The Morgan fingerprint density at radius 2 is 2.21 bits per heavy atom. The van der Waals surface area contributed by atoms with Gasteiger partial charge in [0.25, 0.3) is 5.91 Å². The van der Waals surface area contributed by atoms with Crippen LogP contribution in [0, 0.1) is 0 Å². The number of pyridine rings is 1. The molecule has 4 rings (SSSR count). The number of carbonyl (C=O) groups is 2. The molecule has 0 bridgehead atoms. The van der Waals surface area contributed by atoms with Crippen LogP contribution >= 0.6 is 0 Å². The zero-order valence-electron chi connectivity index (χ0n) is 13.1. The standard InChI is InChI=1S/C16H18N4O4/c21-15-13-12(3-4-17-14(13)18-5-1-2-6-18)24-10-11-9-19(16(22)23)7-8-20(11)15/h1,3-5,11H,2,6-10H2,(H,22,23). The van der Waals surface area contributed by atoms with E-state index in [1.165, 1.54) is 4.90 Å². The maximum atomic E-state index is 13.1. The number of piperazine rings is 1. The highest BCUT2D eigenvalue weighted by atomic mass is 16.5. The van der Waals surface area contributed by atoms with Crippen LogP contribution < -0.4 is 9.64 Å². The first-order valence-electron chi connectivity index (χ1n) is 7.99. The molecule has 1 atom stereocenters. The van der Waals surface area contributed by atoms with Crippen molar-refractivity contribution in [2.45, 2.75) is 12.5 Å². The van der Waals surface area contributed by atoms with Gasteiger partial charge in [-0.25, -0.2) is 9.78 Å². The van der Waals surface area contributed by atoms with Crippen molar-refractivity contribution in [3.8, 4) is 5.75 Å². The second-order valence-electron chi connectivity index (χ2n) is 6.07. The van der Waals surface area contributed by atoms with E-state index in [0.717, 1.165) is 13.0 Å². The Hall–Kier alpha value is -2.77. The van der Waals surface area contributed by atoms with Gasteiger partial charge in [0.1, 0.15) is 23.7 Å². The normalized spacial score (nSPS) is 22.8. The second kappa shape index (κ2) is 5.70. The molecule has 0 saturated carbocycles. The van der Waals surface area contributed by atoms with Crippen LogP contribution in [0.25, 0.3) is 0 Å². The second-order valence-corrected chi connectivity index (χ2v) is 6.07. The molecule has 1 unspecified atom stereocenters. The maximum absolute atomic E-state index is 13.1. The summed E-state index contributed by atoms with van der Waals surface area (Å²) in [7, 11) is 0. The Morgan fingerprint density at radius 3 is 2.96 bits per heavy atom. The number of rotatable bonds is 1. The fourth-order valence-electron chi connectivity index (χ4n) is 3.41. The number of carboxylic acid groups (broad SMARTS) is 1. The number of ether oxygens (including phenoxy) is 1. The fraction of sp³-hybridized carbons (Fsp3) is 0.438. The third kappa shape index (κ3) is 2.34. The van der Waals surface area contributed by atoms with Crippen molar-refractivity contribution in [1.29, 1.82) is 0 Å². The van der Waals surface area contributed by atoms with E-state index in [9.17, 15) is 14.7 Å². The minimum absolute atomic E-state index is 0.138. The predicted octanol–water partition coefficient (Wildman–Crippen LogP) is 1.00. The third-order valence-electron chi connectivity index (χ3n) is 4.65. The van der Waals surface area contributed by atoms with Crippen LogP contribution in [0.4, 0.5) is 10.6 Å². The largest absolute Gasteiger partial charge is 0.490 e. The molecule has 1 fully saturated rings. The number of fused-ring (bicyclic) bond motifs is 2. The van der Waals surface area contributed by atoms with Gasteiger partial charge in [0, 0.05) is 38.6 Å². The molecule has 8 heteroatoms. The van der Waals surface area contributed by atoms with Crippen LogP contribution in [0.3, 0.4) is 0 Å². The predicted molar refractivity (Wildman–Crippen MR) is 85.3 cm³/mol. The highest BCUT2D eigenvalue weighted by Gasteiger charge is 2.38. The smallest absolute Gasteiger partial charge is 0.407 e. The summed E-state index contributed by atoms with van der Waals surface area (Å²) in [6.07, 6.45) is 5.56. The van der Waals surface area contributed by atoms with Crippen LogP contribution in [-0.4, -0.2) is 70.7 Å². The minimum atomic E-state index is -0.964. The molecular weight excluding hydrogens is 312 g/mol. The number of amides is 2. The lowest BCUT2D eigenvalue weighted by Crippen LogP contribution is -2.57. The number of nitrogens with zero attached hydrogens (tertiary/aromatic N) is 4. The topological polar surface area (TPSA) is 86.2 Å². The van der Waals surface area contributed by atoms with Crippen molar-refractivity contribution in [3.63, 3.8) is 0 Å². The molecule has 8 nitrogen and oxygen atoms in total. The van der Waals surface area contributed by atoms with E-state index in [2.05, 4.69) is 4.98 Å². The summed E-state index contributed by atoms with van der Waals surface area (Å²) in [5.41, 5.74) is 0.468. The van der Waals surface area contributed by atoms with Crippen LogP contribution in [0.5, 0.6) is 5.75 Å². The van der Waals surface area contributed by atoms with Gasteiger partial charge in [-0.3, -0.25) is 4.79 Å². The number of aromatic nitrogens is 1. The van der Waals surface area contributed by atoms with Gasteiger partial charge in [-0.05, 0) is 12.5 Å². The van der Waals surface area contributed by atoms with Crippen LogP contribution in [0.1, 0.15) is 16.8 Å². The van der Waals surface area contributed by atoms with Crippen molar-refractivity contribution in [2.75, 3.05) is 37.7 Å². The molecule has 24 heavy (non-hydrogen) atoms. The number of carbonyl (C=O) groups excluding carboxylic acids is 1. The first-order chi connectivity index (χ1) is 11.6. The quantitative estimate of drug-likeness (QED) is 0.827. The highest BCUT2D eigenvalue weighted by molar-refractivity contribution is 6.02. The van der Waals surface area contributed by atoms with Gasteiger partial charge in [0.2, 0.25) is 0 Å². The van der Waals surface area contributed by atoms with Crippen LogP contribution in [0.15, 0.2) is 24.5 Å². The Morgan fingerprint density at radius 1 is 1.33 bits per heavy atom. The molecule has 1 N–H and O–H groups in total. The summed E-state index contributed by atoms with van der Waals surface area (Å²) in [5.74, 6) is 0.982. The van der Waals surface area contributed by atoms with Crippen molar-refractivity contribution >= 4 is 17.8 Å². The third-order valence-corrected chi connectivity index (χ3v) is 4.65. The van der Waals surface area contributed by atoms with Gasteiger partial charge < -0.3 is 24.5 Å². The summed E-state index contributed by atoms with van der Waals surface area (Å²) in [5, 5.41) is 9.18. The molecular formula is C16H18N4O4. The molecule has 126 valence electrons. The van der Waals surface area contributed by atoms with Gasteiger partial charge in [0.05, 0.1) is 6.04 Å². The van der Waals surface area contributed by atoms with Gasteiger partial charge in [-0.1, -0.05) is 6.08 Å². The lowest BCUT2D eigenvalue weighted by molar-refractivity contribution is 0.0390. The molecule has 0 spiro atoms. The molecule has 1 aromatic heterocycles. The van der Waals surface area contributed by atoms with Gasteiger partial charge >= 0.3 is 6.09 Å². The van der Waals surface area contributed by atoms with Gasteiger partial charge in [-0.2, -0.15) is 0 Å². The van der Waals surface area contributed by atoms with Gasteiger partial charge in [0.15, 0.2) is 0 Å². The van der Waals surface area contributed by atoms with E-state index in [4.69, 9.17) is 4.74 Å². The molecule has 3 aliphatic rings. The van der Waals surface area contributed by atoms with Crippen LogP contribution in [-0.2, 0) is 0 Å². The fourth-order valence-corrected chi connectivity index (χ4v) is 3.41. The molecule has 1 saturated heterocycles. The van der Waals surface area contributed by atoms with E-state index < -0.39 is 6.09 Å². The summed E-state index contributed by atoms with van der Waals surface area (Å²) in [6.45, 7) is 2.01. The van der Waals surface area contributed by atoms with Crippen molar-refractivity contribution in [3.05, 3.63) is 30.1 Å². The number of hydrogen-bond donors (Lipinski definition) is 1. The summed E-state index contributed by atoms with van der Waals surface area (Å²) >= 11 is 0. The first kappa shape index (κ1) is 14.8. The van der Waals surface area contributed by atoms with E-state index in [0.29, 0.717) is 30.2 Å². The van der Waals surface area contributed by atoms with Gasteiger partial charge in [-0.15, -0.1) is 0 Å². The van der Waals surface area contributed by atoms with Crippen molar-refractivity contribution in [2.24, 2.45) is 0 Å². The zero-order chi connectivity index (χ0) is 16.7.